The number of nitrogens with one attached hydrogen (secondary N) is 1. The molecular formula is C13H19NO4S. The van der Waals surface area contributed by atoms with Gasteiger partial charge in [-0.25, -0.2) is 8.42 Å². The quantitative estimate of drug-likeness (QED) is 0.836. The van der Waals surface area contributed by atoms with E-state index in [1.807, 2.05) is 13.8 Å². The summed E-state index contributed by atoms with van der Waals surface area (Å²) in [4.78, 5) is 10.8. The first kappa shape index (κ1) is 15.5. The molecule has 0 aliphatic heterocycles. The maximum atomic E-state index is 11.3. The van der Waals surface area contributed by atoms with E-state index >= 15 is 0 Å². The maximum absolute atomic E-state index is 11.3. The fourth-order valence-corrected chi connectivity index (χ4v) is 2.29. The van der Waals surface area contributed by atoms with E-state index in [0.717, 1.165) is 11.9 Å². The van der Waals surface area contributed by atoms with Gasteiger partial charge in [0.2, 0.25) is 0 Å². The highest BCUT2D eigenvalue weighted by Gasteiger charge is 2.19. The summed E-state index contributed by atoms with van der Waals surface area (Å²) in [5.74, 6) is -0.831. The van der Waals surface area contributed by atoms with Gasteiger partial charge in [0.1, 0.15) is 0 Å². The predicted octanol–water partition coefficient (Wildman–Crippen LogP) is 2.15. The topological polar surface area (TPSA) is 83.5 Å². The van der Waals surface area contributed by atoms with Crippen LogP contribution in [0.25, 0.3) is 0 Å². The lowest BCUT2D eigenvalue weighted by atomic mass is 9.98. The van der Waals surface area contributed by atoms with E-state index in [0.29, 0.717) is 6.42 Å². The molecule has 0 atom stereocenters. The van der Waals surface area contributed by atoms with Gasteiger partial charge >= 0.3 is 5.97 Å². The predicted molar refractivity (Wildman–Crippen MR) is 74.1 cm³/mol. The molecule has 0 saturated heterocycles. The van der Waals surface area contributed by atoms with Crippen molar-refractivity contribution in [1.29, 1.82) is 0 Å². The Kier molecular flexibility index (Phi) is 4.57. The van der Waals surface area contributed by atoms with E-state index in [2.05, 4.69) is 5.32 Å². The lowest BCUT2D eigenvalue weighted by molar-refractivity contribution is -0.137. The molecule has 0 aromatic heterocycles. The van der Waals surface area contributed by atoms with Gasteiger partial charge in [-0.1, -0.05) is 0 Å². The molecule has 19 heavy (non-hydrogen) atoms. The molecule has 0 radical (unpaired) electrons. The van der Waals surface area contributed by atoms with Crippen LogP contribution in [0.2, 0.25) is 0 Å². The van der Waals surface area contributed by atoms with Gasteiger partial charge in [-0.05, 0) is 44.5 Å². The number of carboxylic acid groups (broad SMARTS) is 1. The number of benzene rings is 1. The Morgan fingerprint density at radius 3 is 2.21 bits per heavy atom. The zero-order valence-corrected chi connectivity index (χ0v) is 12.1. The van der Waals surface area contributed by atoms with Crippen LogP contribution in [0, 0.1) is 0 Å². The highest BCUT2D eigenvalue weighted by Crippen LogP contribution is 2.21. The molecule has 5 nitrogen and oxygen atoms in total. The maximum Gasteiger partial charge on any atom is 0.303 e. The Hall–Kier alpha value is -1.56. The lowest BCUT2D eigenvalue weighted by Crippen LogP contribution is -2.31. The highest BCUT2D eigenvalue weighted by molar-refractivity contribution is 7.90. The minimum absolute atomic E-state index is 0.0847. The van der Waals surface area contributed by atoms with E-state index < -0.39 is 15.8 Å². The summed E-state index contributed by atoms with van der Waals surface area (Å²) in [7, 11) is -3.19. The first-order valence-electron chi connectivity index (χ1n) is 5.90. The molecule has 0 heterocycles. The van der Waals surface area contributed by atoms with Gasteiger partial charge in [0.05, 0.1) is 4.90 Å². The van der Waals surface area contributed by atoms with Crippen molar-refractivity contribution >= 4 is 21.5 Å². The molecular weight excluding hydrogens is 266 g/mol. The minimum atomic E-state index is -3.19. The third kappa shape index (κ3) is 5.30. The molecule has 0 spiro atoms. The largest absolute Gasteiger partial charge is 0.481 e. The normalized spacial score (nSPS) is 12.2. The Balaban J connectivity index is 2.75. The number of anilines is 1. The number of sulfone groups is 1. The second-order valence-corrected chi connectivity index (χ2v) is 7.21. The number of aliphatic carboxylic acids is 1. The van der Waals surface area contributed by atoms with Crippen LogP contribution in [0.5, 0.6) is 0 Å². The SMILES string of the molecule is CC(C)(CCC(=O)O)Nc1ccc(S(C)(=O)=O)cc1. The average molecular weight is 285 g/mol. The Morgan fingerprint density at radius 1 is 1.26 bits per heavy atom. The van der Waals surface area contributed by atoms with E-state index in [-0.39, 0.29) is 16.9 Å². The van der Waals surface area contributed by atoms with E-state index in [1.54, 1.807) is 12.1 Å². The number of hydrogen-bond donors (Lipinski definition) is 2. The third-order valence-electron chi connectivity index (χ3n) is 2.73. The molecule has 2 N–H and O–H groups in total. The molecule has 0 fully saturated rings. The summed E-state index contributed by atoms with van der Waals surface area (Å²) >= 11 is 0. The van der Waals surface area contributed by atoms with Crippen LogP contribution in [0.1, 0.15) is 26.7 Å². The number of carboxylic acids is 1. The second-order valence-electron chi connectivity index (χ2n) is 5.20. The van der Waals surface area contributed by atoms with Crippen LogP contribution in [0.3, 0.4) is 0 Å². The summed E-state index contributed by atoms with van der Waals surface area (Å²) in [6.07, 6.45) is 1.73. The zero-order chi connectivity index (χ0) is 14.7. The average Bonchev–Trinajstić information content (AvgIpc) is 2.25. The summed E-state index contributed by atoms with van der Waals surface area (Å²) in [6.45, 7) is 3.81. The summed E-state index contributed by atoms with van der Waals surface area (Å²) < 4.78 is 22.6. The van der Waals surface area contributed by atoms with Crippen molar-refractivity contribution in [1.82, 2.24) is 0 Å². The Morgan fingerprint density at radius 2 is 1.79 bits per heavy atom. The molecule has 1 aromatic carbocycles. The molecule has 106 valence electrons. The highest BCUT2D eigenvalue weighted by atomic mass is 32.2. The molecule has 0 aliphatic carbocycles. The smallest absolute Gasteiger partial charge is 0.303 e. The van der Waals surface area contributed by atoms with Gasteiger partial charge in [0, 0.05) is 23.9 Å². The van der Waals surface area contributed by atoms with Gasteiger partial charge in [0.25, 0.3) is 0 Å². The van der Waals surface area contributed by atoms with Gasteiger partial charge in [-0.2, -0.15) is 0 Å². The van der Waals surface area contributed by atoms with E-state index in [9.17, 15) is 13.2 Å². The van der Waals surface area contributed by atoms with Crippen molar-refractivity contribution in [2.45, 2.75) is 37.1 Å². The minimum Gasteiger partial charge on any atom is -0.481 e. The molecule has 0 unspecified atom stereocenters. The molecule has 0 saturated carbocycles. The Labute approximate surface area is 113 Å². The molecule has 6 heteroatoms. The van der Waals surface area contributed by atoms with Crippen molar-refractivity contribution in [3.63, 3.8) is 0 Å². The van der Waals surface area contributed by atoms with Crippen molar-refractivity contribution < 1.29 is 18.3 Å². The zero-order valence-electron chi connectivity index (χ0n) is 11.3. The monoisotopic (exact) mass is 285 g/mol. The van der Waals surface area contributed by atoms with Crippen molar-refractivity contribution in [2.75, 3.05) is 11.6 Å². The summed E-state index contributed by atoms with van der Waals surface area (Å²) in [5.41, 5.74) is 0.396. The molecule has 0 amide bonds. The molecule has 1 rings (SSSR count). The van der Waals surface area contributed by atoms with Crippen LogP contribution < -0.4 is 5.32 Å². The van der Waals surface area contributed by atoms with Gasteiger partial charge in [0.15, 0.2) is 9.84 Å². The van der Waals surface area contributed by atoms with Gasteiger partial charge in [-0.15, -0.1) is 0 Å². The number of carbonyl (C=O) groups is 1. The number of rotatable bonds is 6. The second kappa shape index (κ2) is 5.61. The fraction of sp³-hybridized carbons (Fsp3) is 0.462. The van der Waals surface area contributed by atoms with E-state index in [4.69, 9.17) is 5.11 Å². The van der Waals surface area contributed by atoms with Crippen LogP contribution in [0.4, 0.5) is 5.69 Å². The van der Waals surface area contributed by atoms with Crippen LogP contribution in [-0.4, -0.2) is 31.3 Å². The van der Waals surface area contributed by atoms with Crippen molar-refractivity contribution in [2.24, 2.45) is 0 Å². The van der Waals surface area contributed by atoms with Crippen LogP contribution in [-0.2, 0) is 14.6 Å². The lowest BCUT2D eigenvalue weighted by Gasteiger charge is -2.27. The van der Waals surface area contributed by atoms with Crippen LogP contribution >= 0.6 is 0 Å². The fourth-order valence-electron chi connectivity index (χ4n) is 1.66. The van der Waals surface area contributed by atoms with Gasteiger partial charge < -0.3 is 10.4 Å². The summed E-state index contributed by atoms with van der Waals surface area (Å²) in [5, 5.41) is 11.9. The number of hydrogen-bond acceptors (Lipinski definition) is 4. The molecule has 0 aliphatic rings. The van der Waals surface area contributed by atoms with Crippen molar-refractivity contribution in [3.05, 3.63) is 24.3 Å². The standard InChI is InChI=1S/C13H19NO4S/c1-13(2,9-8-12(15)16)14-10-4-6-11(7-5-10)19(3,17)18/h4-7,14H,8-9H2,1-3H3,(H,15,16). The third-order valence-corrected chi connectivity index (χ3v) is 3.86. The van der Waals surface area contributed by atoms with Crippen LogP contribution in [0.15, 0.2) is 29.2 Å². The van der Waals surface area contributed by atoms with Gasteiger partial charge in [-0.3, -0.25) is 4.79 Å². The Bertz CT molecular complexity index is 547. The first-order valence-corrected chi connectivity index (χ1v) is 7.79. The van der Waals surface area contributed by atoms with Crippen molar-refractivity contribution in [3.8, 4) is 0 Å². The molecule has 0 bridgehead atoms. The summed E-state index contributed by atoms with van der Waals surface area (Å²) in [6, 6.07) is 6.42. The van der Waals surface area contributed by atoms with E-state index in [1.165, 1.54) is 12.1 Å². The first-order chi connectivity index (χ1) is 8.60. The molecule has 1 aromatic rings.